The van der Waals surface area contributed by atoms with Gasteiger partial charge in [0.25, 0.3) is 0 Å². The molecular formula is C20H23N3. The lowest BCUT2D eigenvalue weighted by Gasteiger charge is -2.09. The molecule has 3 aromatic rings. The monoisotopic (exact) mass is 305 g/mol. The van der Waals surface area contributed by atoms with Crippen molar-refractivity contribution in [3.8, 4) is 5.69 Å². The highest BCUT2D eigenvalue weighted by atomic mass is 15.2. The van der Waals surface area contributed by atoms with Gasteiger partial charge in [0, 0.05) is 24.1 Å². The van der Waals surface area contributed by atoms with E-state index in [-0.39, 0.29) is 0 Å². The molecule has 3 heteroatoms. The minimum atomic E-state index is 0.566. The predicted molar refractivity (Wildman–Crippen MR) is 95.0 cm³/mol. The van der Waals surface area contributed by atoms with Crippen LogP contribution in [-0.4, -0.2) is 9.13 Å². The van der Waals surface area contributed by atoms with E-state index in [0.717, 1.165) is 23.5 Å². The van der Waals surface area contributed by atoms with Crippen LogP contribution in [0.1, 0.15) is 19.5 Å². The molecule has 0 N–H and O–H groups in total. The van der Waals surface area contributed by atoms with Gasteiger partial charge in [0.05, 0.1) is 5.69 Å². The van der Waals surface area contributed by atoms with Crippen LogP contribution < -0.4 is 5.62 Å². The molecule has 3 rings (SSSR count). The average Bonchev–Trinajstić information content (AvgIpc) is 2.84. The minimum Gasteiger partial charge on any atom is -0.316 e. The Morgan fingerprint density at radius 3 is 2.13 bits per heavy atom. The zero-order chi connectivity index (χ0) is 16.2. The van der Waals surface area contributed by atoms with Gasteiger partial charge in [-0.15, -0.1) is 0 Å². The van der Waals surface area contributed by atoms with Gasteiger partial charge in [-0.25, -0.2) is 4.99 Å². The van der Waals surface area contributed by atoms with Crippen LogP contribution in [0.5, 0.6) is 0 Å². The van der Waals surface area contributed by atoms with E-state index in [1.807, 2.05) is 36.4 Å². The zero-order valence-corrected chi connectivity index (χ0v) is 14.0. The molecule has 0 radical (unpaired) electrons. The van der Waals surface area contributed by atoms with Crippen molar-refractivity contribution >= 4 is 5.69 Å². The fourth-order valence-corrected chi connectivity index (χ4v) is 2.78. The molecule has 0 spiro atoms. The number of para-hydroxylation sites is 2. The Balaban J connectivity index is 2.23. The number of nitrogens with zero attached hydrogens (tertiary/aromatic N) is 3. The van der Waals surface area contributed by atoms with Gasteiger partial charge in [0.2, 0.25) is 5.62 Å². The lowest BCUT2D eigenvalue weighted by atomic mass is 10.2. The highest BCUT2D eigenvalue weighted by molar-refractivity contribution is 5.37. The molecule has 0 fully saturated rings. The van der Waals surface area contributed by atoms with E-state index in [2.05, 4.69) is 60.4 Å². The maximum absolute atomic E-state index is 4.92. The molecule has 0 aliphatic carbocycles. The van der Waals surface area contributed by atoms with Crippen molar-refractivity contribution in [2.24, 2.45) is 10.9 Å². The number of aryl methyl sites for hydroxylation is 1. The van der Waals surface area contributed by atoms with Gasteiger partial charge < -0.3 is 4.57 Å². The maximum Gasteiger partial charge on any atom is 0.215 e. The Morgan fingerprint density at radius 1 is 0.913 bits per heavy atom. The van der Waals surface area contributed by atoms with Gasteiger partial charge >= 0.3 is 0 Å². The van der Waals surface area contributed by atoms with Gasteiger partial charge in [-0.3, -0.25) is 4.57 Å². The van der Waals surface area contributed by atoms with Crippen molar-refractivity contribution in [1.29, 1.82) is 0 Å². The van der Waals surface area contributed by atoms with Crippen molar-refractivity contribution in [2.45, 2.75) is 27.3 Å². The first-order valence-electron chi connectivity index (χ1n) is 8.09. The number of imidazole rings is 1. The van der Waals surface area contributed by atoms with Crippen LogP contribution in [0, 0.1) is 12.8 Å². The molecule has 1 heterocycles. The second-order valence-corrected chi connectivity index (χ2v) is 6.24. The van der Waals surface area contributed by atoms with Gasteiger partial charge in [-0.1, -0.05) is 50.2 Å². The van der Waals surface area contributed by atoms with E-state index in [4.69, 9.17) is 4.99 Å². The lowest BCUT2D eigenvalue weighted by Crippen LogP contribution is -2.26. The molecule has 1 aromatic heterocycles. The molecule has 0 amide bonds. The van der Waals surface area contributed by atoms with Crippen molar-refractivity contribution in [3.05, 3.63) is 78.2 Å². The first-order valence-corrected chi connectivity index (χ1v) is 8.09. The van der Waals surface area contributed by atoms with E-state index in [1.165, 1.54) is 5.69 Å². The van der Waals surface area contributed by atoms with Crippen molar-refractivity contribution in [2.75, 3.05) is 0 Å². The largest absolute Gasteiger partial charge is 0.316 e. The second-order valence-electron chi connectivity index (χ2n) is 6.24. The normalized spacial score (nSPS) is 12.1. The van der Waals surface area contributed by atoms with Crippen LogP contribution in [0.4, 0.5) is 5.69 Å². The standard InChI is InChI=1S/C20H23N3/c1-16(2)14-22-15-17(3)23(19-12-8-5-9-13-19)20(22)21-18-10-6-4-7-11-18/h4-13,15-16H,14H2,1-3H3. The maximum atomic E-state index is 4.92. The topological polar surface area (TPSA) is 22.2 Å². The third-order valence-corrected chi connectivity index (χ3v) is 3.71. The van der Waals surface area contributed by atoms with E-state index in [9.17, 15) is 0 Å². The first kappa shape index (κ1) is 15.3. The minimum absolute atomic E-state index is 0.566. The first-order chi connectivity index (χ1) is 11.1. The van der Waals surface area contributed by atoms with E-state index in [1.54, 1.807) is 0 Å². The Labute approximate surface area is 137 Å². The SMILES string of the molecule is Cc1cn(CC(C)C)c(=Nc2ccccc2)n1-c1ccccc1. The Hall–Kier alpha value is -2.55. The highest BCUT2D eigenvalue weighted by Gasteiger charge is 2.09. The smallest absolute Gasteiger partial charge is 0.215 e. The summed E-state index contributed by atoms with van der Waals surface area (Å²) in [6.45, 7) is 7.54. The molecule has 0 saturated heterocycles. The summed E-state index contributed by atoms with van der Waals surface area (Å²) in [5.41, 5.74) is 4.27. The average molecular weight is 305 g/mol. The summed E-state index contributed by atoms with van der Waals surface area (Å²) in [6, 6.07) is 20.5. The van der Waals surface area contributed by atoms with Gasteiger partial charge in [-0.2, -0.15) is 0 Å². The summed E-state index contributed by atoms with van der Waals surface area (Å²) in [7, 11) is 0. The number of hydrogen-bond donors (Lipinski definition) is 0. The summed E-state index contributed by atoms with van der Waals surface area (Å²) < 4.78 is 4.47. The number of aromatic nitrogens is 2. The molecule has 0 saturated carbocycles. The van der Waals surface area contributed by atoms with Gasteiger partial charge in [0.1, 0.15) is 0 Å². The molecule has 0 aliphatic rings. The zero-order valence-electron chi connectivity index (χ0n) is 14.0. The highest BCUT2D eigenvalue weighted by Crippen LogP contribution is 2.13. The molecule has 0 atom stereocenters. The molecule has 23 heavy (non-hydrogen) atoms. The fourth-order valence-electron chi connectivity index (χ4n) is 2.78. The summed E-state index contributed by atoms with van der Waals surface area (Å²) in [5.74, 6) is 0.566. The molecule has 2 aromatic carbocycles. The molecule has 0 aliphatic heterocycles. The van der Waals surface area contributed by atoms with Crippen molar-refractivity contribution in [3.63, 3.8) is 0 Å². The molecule has 0 bridgehead atoms. The summed E-state index contributed by atoms with van der Waals surface area (Å²) in [6.07, 6.45) is 2.19. The summed E-state index contributed by atoms with van der Waals surface area (Å²) in [5, 5.41) is 0. The predicted octanol–water partition coefficient (Wildman–Crippen LogP) is 4.48. The Kier molecular flexibility index (Phi) is 4.47. The summed E-state index contributed by atoms with van der Waals surface area (Å²) >= 11 is 0. The number of hydrogen-bond acceptors (Lipinski definition) is 1. The van der Waals surface area contributed by atoms with Crippen LogP contribution in [0.3, 0.4) is 0 Å². The second kappa shape index (κ2) is 6.69. The van der Waals surface area contributed by atoms with E-state index >= 15 is 0 Å². The third-order valence-electron chi connectivity index (χ3n) is 3.71. The van der Waals surface area contributed by atoms with Gasteiger partial charge in [0.15, 0.2) is 0 Å². The fraction of sp³-hybridized carbons (Fsp3) is 0.250. The molecule has 118 valence electrons. The third kappa shape index (κ3) is 3.45. The Morgan fingerprint density at radius 2 is 1.52 bits per heavy atom. The summed E-state index contributed by atoms with van der Waals surface area (Å²) in [4.78, 5) is 4.92. The van der Waals surface area contributed by atoms with Crippen LogP contribution in [-0.2, 0) is 6.54 Å². The van der Waals surface area contributed by atoms with Gasteiger partial charge in [-0.05, 0) is 37.1 Å². The number of rotatable bonds is 4. The molecular weight excluding hydrogens is 282 g/mol. The number of benzene rings is 2. The van der Waals surface area contributed by atoms with Crippen molar-refractivity contribution < 1.29 is 0 Å². The quantitative estimate of drug-likeness (QED) is 0.678. The molecule has 3 nitrogen and oxygen atoms in total. The van der Waals surface area contributed by atoms with Crippen LogP contribution in [0.25, 0.3) is 5.69 Å². The van der Waals surface area contributed by atoms with Crippen LogP contribution in [0.2, 0.25) is 0 Å². The van der Waals surface area contributed by atoms with Crippen LogP contribution >= 0.6 is 0 Å². The lowest BCUT2D eigenvalue weighted by molar-refractivity contribution is 0.504. The Bertz CT molecular complexity index is 824. The van der Waals surface area contributed by atoms with Crippen LogP contribution in [0.15, 0.2) is 71.9 Å². The van der Waals surface area contributed by atoms with Crippen molar-refractivity contribution in [1.82, 2.24) is 9.13 Å². The molecule has 0 unspecified atom stereocenters. The van der Waals surface area contributed by atoms with E-state index in [0.29, 0.717) is 5.92 Å². The van der Waals surface area contributed by atoms with E-state index < -0.39 is 0 Å².